The molecule has 1 saturated carbocycles. The first-order valence-corrected chi connectivity index (χ1v) is 7.39. The molecule has 0 aliphatic heterocycles. The molecule has 0 unspecified atom stereocenters. The molecule has 1 aromatic rings. The van der Waals surface area contributed by atoms with Gasteiger partial charge >= 0.3 is 0 Å². The number of amides is 1. The van der Waals surface area contributed by atoms with Gasteiger partial charge in [-0.05, 0) is 37.1 Å². The van der Waals surface area contributed by atoms with E-state index in [-0.39, 0.29) is 30.4 Å². The van der Waals surface area contributed by atoms with E-state index in [2.05, 4.69) is 5.32 Å². The fourth-order valence-corrected chi connectivity index (χ4v) is 2.71. The van der Waals surface area contributed by atoms with Crippen molar-refractivity contribution in [3.63, 3.8) is 0 Å². The largest absolute Gasteiger partial charge is 0.484 e. The van der Waals surface area contributed by atoms with Crippen LogP contribution >= 0.6 is 0 Å². The number of carbonyl (C=O) groups excluding carboxylic acids is 1. The van der Waals surface area contributed by atoms with Crippen molar-refractivity contribution < 1.29 is 19.0 Å². The highest BCUT2D eigenvalue weighted by Gasteiger charge is 2.31. The molecule has 2 rings (SSSR count). The van der Waals surface area contributed by atoms with E-state index in [1.165, 1.54) is 30.7 Å². The fraction of sp³-hybridized carbons (Fsp3) is 0.562. The number of carbonyl (C=O) groups is 1. The van der Waals surface area contributed by atoms with Crippen LogP contribution in [0.25, 0.3) is 0 Å². The molecular weight excluding hydrogens is 273 g/mol. The molecule has 116 valence electrons. The highest BCUT2D eigenvalue weighted by atomic mass is 19.1. The van der Waals surface area contributed by atoms with Crippen molar-refractivity contribution in [2.45, 2.75) is 32.1 Å². The Labute approximate surface area is 124 Å². The van der Waals surface area contributed by atoms with Gasteiger partial charge < -0.3 is 15.2 Å². The summed E-state index contributed by atoms with van der Waals surface area (Å²) in [4.78, 5) is 11.8. The highest BCUT2D eigenvalue weighted by molar-refractivity contribution is 5.77. The van der Waals surface area contributed by atoms with Gasteiger partial charge in [-0.25, -0.2) is 4.39 Å². The predicted octanol–water partition coefficient (Wildman–Crippen LogP) is 2.26. The van der Waals surface area contributed by atoms with E-state index >= 15 is 0 Å². The van der Waals surface area contributed by atoms with E-state index in [1.807, 2.05) is 0 Å². The lowest BCUT2D eigenvalue weighted by atomic mass is 9.74. The Morgan fingerprint density at radius 3 is 2.52 bits per heavy atom. The van der Waals surface area contributed by atoms with E-state index in [1.54, 1.807) is 0 Å². The normalized spacial score (nSPS) is 17.2. The highest BCUT2D eigenvalue weighted by Crippen LogP contribution is 2.35. The predicted molar refractivity (Wildman–Crippen MR) is 77.5 cm³/mol. The smallest absolute Gasteiger partial charge is 0.257 e. The van der Waals surface area contributed by atoms with Crippen LogP contribution in [0.1, 0.15) is 32.1 Å². The Bertz CT molecular complexity index is 455. The van der Waals surface area contributed by atoms with Gasteiger partial charge in [-0.1, -0.05) is 19.3 Å². The van der Waals surface area contributed by atoms with Gasteiger partial charge in [0.1, 0.15) is 11.6 Å². The Morgan fingerprint density at radius 2 is 1.90 bits per heavy atom. The maximum absolute atomic E-state index is 12.7. The van der Waals surface area contributed by atoms with Gasteiger partial charge in [0.2, 0.25) is 0 Å². The molecule has 0 atom stereocenters. The van der Waals surface area contributed by atoms with Gasteiger partial charge in [0.25, 0.3) is 5.91 Å². The lowest BCUT2D eigenvalue weighted by Gasteiger charge is -2.35. The molecule has 0 saturated heterocycles. The summed E-state index contributed by atoms with van der Waals surface area (Å²) >= 11 is 0. The van der Waals surface area contributed by atoms with E-state index in [4.69, 9.17) is 4.74 Å². The lowest BCUT2D eigenvalue weighted by molar-refractivity contribution is -0.123. The molecule has 0 spiro atoms. The SMILES string of the molecule is O=C(COc1ccc(F)cc1)NCC1(CO)CCCCC1. The Hall–Kier alpha value is -1.62. The minimum Gasteiger partial charge on any atom is -0.484 e. The zero-order valence-electron chi connectivity index (χ0n) is 12.1. The van der Waals surface area contributed by atoms with Crippen LogP contribution in [0.4, 0.5) is 4.39 Å². The second-order valence-corrected chi connectivity index (χ2v) is 5.74. The molecule has 0 aromatic heterocycles. The molecule has 4 nitrogen and oxygen atoms in total. The zero-order valence-corrected chi connectivity index (χ0v) is 12.1. The van der Waals surface area contributed by atoms with Crippen molar-refractivity contribution in [2.24, 2.45) is 5.41 Å². The average molecular weight is 295 g/mol. The quantitative estimate of drug-likeness (QED) is 0.846. The third kappa shape index (κ3) is 4.70. The lowest BCUT2D eigenvalue weighted by Crippen LogP contribution is -2.42. The van der Waals surface area contributed by atoms with Crippen LogP contribution in [-0.4, -0.2) is 30.8 Å². The molecule has 0 heterocycles. The van der Waals surface area contributed by atoms with Crippen LogP contribution in [0.2, 0.25) is 0 Å². The first-order chi connectivity index (χ1) is 10.1. The summed E-state index contributed by atoms with van der Waals surface area (Å²) < 4.78 is 18.0. The monoisotopic (exact) mass is 295 g/mol. The summed E-state index contributed by atoms with van der Waals surface area (Å²) in [5.74, 6) is -0.104. The molecule has 5 heteroatoms. The summed E-state index contributed by atoms with van der Waals surface area (Å²) in [6.45, 7) is 0.481. The maximum Gasteiger partial charge on any atom is 0.257 e. The van der Waals surface area contributed by atoms with E-state index in [0.717, 1.165) is 25.7 Å². The number of hydrogen-bond acceptors (Lipinski definition) is 3. The summed E-state index contributed by atoms with van der Waals surface area (Å²) in [6, 6.07) is 5.55. The van der Waals surface area contributed by atoms with Crippen LogP contribution in [-0.2, 0) is 4.79 Å². The molecule has 0 bridgehead atoms. The Balaban J connectivity index is 1.75. The van der Waals surface area contributed by atoms with Crippen molar-refractivity contribution in [3.05, 3.63) is 30.1 Å². The number of hydrogen-bond donors (Lipinski definition) is 2. The minimum absolute atomic E-state index is 0.103. The first kappa shape index (κ1) is 15.8. The van der Waals surface area contributed by atoms with Gasteiger partial charge in [-0.15, -0.1) is 0 Å². The van der Waals surface area contributed by atoms with Crippen molar-refractivity contribution in [3.8, 4) is 5.75 Å². The van der Waals surface area contributed by atoms with E-state index in [0.29, 0.717) is 12.3 Å². The van der Waals surface area contributed by atoms with Crippen LogP contribution in [0.15, 0.2) is 24.3 Å². The number of aliphatic hydroxyl groups excluding tert-OH is 1. The number of halogens is 1. The van der Waals surface area contributed by atoms with Crippen LogP contribution in [0.5, 0.6) is 5.75 Å². The summed E-state index contributed by atoms with van der Waals surface area (Å²) in [5, 5.41) is 12.4. The molecule has 1 aliphatic rings. The standard InChI is InChI=1S/C16H22FNO3/c17-13-4-6-14(7-5-13)21-10-15(20)18-11-16(12-19)8-2-1-3-9-16/h4-7,19H,1-3,8-12H2,(H,18,20). The minimum atomic E-state index is -0.339. The third-order valence-electron chi connectivity index (χ3n) is 4.09. The Morgan fingerprint density at radius 1 is 1.24 bits per heavy atom. The number of aliphatic hydroxyl groups is 1. The fourth-order valence-electron chi connectivity index (χ4n) is 2.71. The van der Waals surface area contributed by atoms with E-state index < -0.39 is 0 Å². The van der Waals surface area contributed by atoms with Crippen molar-refractivity contribution in [1.29, 1.82) is 0 Å². The maximum atomic E-state index is 12.7. The number of nitrogens with one attached hydrogen (secondary N) is 1. The van der Waals surface area contributed by atoms with Gasteiger partial charge in [0.05, 0.1) is 6.61 Å². The van der Waals surface area contributed by atoms with Crippen LogP contribution < -0.4 is 10.1 Å². The molecule has 2 N–H and O–H groups in total. The van der Waals surface area contributed by atoms with Crippen LogP contribution in [0, 0.1) is 11.2 Å². The second kappa shape index (κ2) is 7.41. The van der Waals surface area contributed by atoms with Crippen molar-refractivity contribution >= 4 is 5.91 Å². The number of benzene rings is 1. The molecule has 1 aromatic carbocycles. The average Bonchev–Trinajstić information content (AvgIpc) is 2.53. The van der Waals surface area contributed by atoms with Gasteiger partial charge in [0, 0.05) is 12.0 Å². The molecule has 1 aliphatic carbocycles. The van der Waals surface area contributed by atoms with E-state index in [9.17, 15) is 14.3 Å². The molecule has 1 amide bonds. The molecule has 21 heavy (non-hydrogen) atoms. The topological polar surface area (TPSA) is 58.6 Å². The van der Waals surface area contributed by atoms with Crippen LogP contribution in [0.3, 0.4) is 0 Å². The van der Waals surface area contributed by atoms with Gasteiger partial charge in [0.15, 0.2) is 6.61 Å². The summed E-state index contributed by atoms with van der Waals surface area (Å²) in [7, 11) is 0. The third-order valence-corrected chi connectivity index (χ3v) is 4.09. The van der Waals surface area contributed by atoms with Crippen molar-refractivity contribution in [1.82, 2.24) is 5.32 Å². The van der Waals surface area contributed by atoms with Gasteiger partial charge in [-0.3, -0.25) is 4.79 Å². The second-order valence-electron chi connectivity index (χ2n) is 5.74. The Kier molecular flexibility index (Phi) is 5.56. The zero-order chi connectivity index (χ0) is 15.1. The molecule has 0 radical (unpaired) electrons. The first-order valence-electron chi connectivity index (χ1n) is 7.39. The van der Waals surface area contributed by atoms with Crippen molar-refractivity contribution in [2.75, 3.05) is 19.8 Å². The summed E-state index contributed by atoms with van der Waals surface area (Å²) in [6.07, 6.45) is 5.29. The van der Waals surface area contributed by atoms with Gasteiger partial charge in [-0.2, -0.15) is 0 Å². The number of ether oxygens (including phenoxy) is 1. The summed E-state index contributed by atoms with van der Waals surface area (Å²) in [5.41, 5.74) is -0.177. The molecular formula is C16H22FNO3. The number of rotatable bonds is 6. The molecule has 1 fully saturated rings.